The van der Waals surface area contributed by atoms with Gasteiger partial charge in [0.2, 0.25) is 0 Å². The number of carbonyl (C=O) groups is 1. The molecule has 0 saturated carbocycles. The second-order valence-electron chi connectivity index (χ2n) is 3.94. The van der Waals surface area contributed by atoms with Gasteiger partial charge in [0.1, 0.15) is 12.4 Å². The number of rotatable bonds is 7. The zero-order valence-electron chi connectivity index (χ0n) is 10.2. The zero-order chi connectivity index (χ0) is 12.7. The Labute approximate surface area is 101 Å². The van der Waals surface area contributed by atoms with Gasteiger partial charge in [0.05, 0.1) is 0 Å². The normalized spacial score (nSPS) is 12.4. The maximum Gasteiger partial charge on any atom is 0.287 e. The van der Waals surface area contributed by atoms with Gasteiger partial charge in [-0.3, -0.25) is 4.79 Å². The fraction of sp³-hybridized carbons (Fsp3) is 0.583. The van der Waals surface area contributed by atoms with Crippen LogP contribution in [0.4, 0.5) is 0 Å². The van der Waals surface area contributed by atoms with Crippen molar-refractivity contribution in [1.82, 2.24) is 5.32 Å². The molecule has 1 aromatic heterocycles. The second kappa shape index (κ2) is 7.09. The van der Waals surface area contributed by atoms with Crippen LogP contribution in [0.3, 0.4) is 0 Å². The van der Waals surface area contributed by atoms with Crippen LogP contribution in [0.15, 0.2) is 16.5 Å². The second-order valence-corrected chi connectivity index (χ2v) is 3.94. The van der Waals surface area contributed by atoms with Crippen molar-refractivity contribution in [3.8, 4) is 0 Å². The third-order valence-corrected chi connectivity index (χ3v) is 2.34. The number of methoxy groups -OCH3 is 1. The number of hydrogen-bond donors (Lipinski definition) is 2. The molecule has 96 valence electrons. The minimum absolute atomic E-state index is 0.0191. The van der Waals surface area contributed by atoms with Gasteiger partial charge in [-0.1, -0.05) is 0 Å². The van der Waals surface area contributed by atoms with Gasteiger partial charge in [-0.25, -0.2) is 0 Å². The van der Waals surface area contributed by atoms with Crippen molar-refractivity contribution in [2.24, 2.45) is 0 Å². The van der Waals surface area contributed by atoms with E-state index in [1.165, 1.54) is 0 Å². The van der Waals surface area contributed by atoms with Gasteiger partial charge in [-0.05, 0) is 31.9 Å². The Morgan fingerprint density at radius 1 is 1.59 bits per heavy atom. The molecule has 1 heterocycles. The van der Waals surface area contributed by atoms with Gasteiger partial charge in [-0.15, -0.1) is 0 Å². The molecule has 0 radical (unpaired) electrons. The van der Waals surface area contributed by atoms with Crippen LogP contribution in [0.25, 0.3) is 0 Å². The Balaban J connectivity index is 2.45. The van der Waals surface area contributed by atoms with Crippen LogP contribution in [-0.2, 0) is 11.3 Å². The summed E-state index contributed by atoms with van der Waals surface area (Å²) in [6.07, 6.45) is 1.42. The van der Waals surface area contributed by atoms with Crippen LogP contribution in [0.1, 0.15) is 36.1 Å². The molecule has 2 N–H and O–H groups in total. The lowest BCUT2D eigenvalue weighted by molar-refractivity contribution is 0.0899. The fourth-order valence-corrected chi connectivity index (χ4v) is 1.48. The highest BCUT2D eigenvalue weighted by Gasteiger charge is 2.13. The summed E-state index contributed by atoms with van der Waals surface area (Å²) in [7, 11) is 1.57. The molecular formula is C12H19NO4. The van der Waals surface area contributed by atoms with E-state index < -0.39 is 0 Å². The summed E-state index contributed by atoms with van der Waals surface area (Å²) in [6, 6.07) is 3.37. The number of aliphatic hydroxyl groups excluding tert-OH is 1. The first-order valence-corrected chi connectivity index (χ1v) is 5.66. The number of nitrogens with one attached hydrogen (secondary N) is 1. The maximum atomic E-state index is 11.7. The van der Waals surface area contributed by atoms with Crippen molar-refractivity contribution in [2.75, 3.05) is 13.7 Å². The van der Waals surface area contributed by atoms with E-state index in [0.717, 1.165) is 6.42 Å². The summed E-state index contributed by atoms with van der Waals surface area (Å²) < 4.78 is 10.2. The Kier molecular flexibility index (Phi) is 5.72. The van der Waals surface area contributed by atoms with Crippen molar-refractivity contribution < 1.29 is 19.1 Å². The third kappa shape index (κ3) is 4.58. The molecule has 1 atom stereocenters. The molecule has 0 aliphatic carbocycles. The molecule has 0 aromatic carbocycles. The lowest BCUT2D eigenvalue weighted by Crippen LogP contribution is -2.32. The van der Waals surface area contributed by atoms with Crippen molar-refractivity contribution >= 4 is 5.91 Å². The van der Waals surface area contributed by atoms with E-state index in [0.29, 0.717) is 18.8 Å². The number of furan rings is 1. The van der Waals surface area contributed by atoms with E-state index in [4.69, 9.17) is 14.3 Å². The molecule has 1 unspecified atom stereocenters. The Hall–Kier alpha value is -1.33. The summed E-state index contributed by atoms with van der Waals surface area (Å²) in [6.45, 7) is 2.39. The molecule has 0 aliphatic rings. The highest BCUT2D eigenvalue weighted by Crippen LogP contribution is 2.09. The highest BCUT2D eigenvalue weighted by atomic mass is 16.5. The van der Waals surface area contributed by atoms with Gasteiger partial charge < -0.3 is 19.6 Å². The maximum absolute atomic E-state index is 11.7. The quantitative estimate of drug-likeness (QED) is 0.755. The van der Waals surface area contributed by atoms with E-state index in [1.54, 1.807) is 19.2 Å². The molecule has 0 aliphatic heterocycles. The van der Waals surface area contributed by atoms with Gasteiger partial charge in [0.15, 0.2) is 5.76 Å². The molecule has 17 heavy (non-hydrogen) atoms. The molecule has 0 saturated heterocycles. The van der Waals surface area contributed by atoms with Crippen molar-refractivity contribution in [2.45, 2.75) is 32.4 Å². The number of amides is 1. The molecule has 1 rings (SSSR count). The molecule has 5 nitrogen and oxygen atoms in total. The average molecular weight is 241 g/mol. The minimum atomic E-state index is -0.238. The fourth-order valence-electron chi connectivity index (χ4n) is 1.48. The van der Waals surface area contributed by atoms with E-state index in [-0.39, 0.29) is 24.3 Å². The Morgan fingerprint density at radius 3 is 3.00 bits per heavy atom. The molecule has 1 amide bonds. The summed E-state index contributed by atoms with van der Waals surface area (Å²) in [5, 5.41) is 11.5. The molecule has 0 fully saturated rings. The molecule has 0 bridgehead atoms. The largest absolute Gasteiger partial charge is 0.453 e. The number of aliphatic hydroxyl groups is 1. The molecular weight excluding hydrogens is 222 g/mol. The van der Waals surface area contributed by atoms with Gasteiger partial charge in [-0.2, -0.15) is 0 Å². The van der Waals surface area contributed by atoms with Crippen LogP contribution in [0, 0.1) is 0 Å². The summed E-state index contributed by atoms with van der Waals surface area (Å²) in [5.41, 5.74) is 0. The van der Waals surface area contributed by atoms with Crippen LogP contribution in [-0.4, -0.2) is 30.8 Å². The smallest absolute Gasteiger partial charge is 0.287 e. The van der Waals surface area contributed by atoms with Crippen molar-refractivity contribution in [3.05, 3.63) is 23.7 Å². The topological polar surface area (TPSA) is 71.7 Å². The minimum Gasteiger partial charge on any atom is -0.453 e. The van der Waals surface area contributed by atoms with E-state index in [2.05, 4.69) is 5.32 Å². The Morgan fingerprint density at radius 2 is 2.35 bits per heavy atom. The first kappa shape index (κ1) is 13.7. The first-order chi connectivity index (χ1) is 8.17. The van der Waals surface area contributed by atoms with Crippen molar-refractivity contribution in [1.29, 1.82) is 0 Å². The Bertz CT molecular complexity index is 348. The molecule has 5 heteroatoms. The lowest BCUT2D eigenvalue weighted by Gasteiger charge is -2.11. The summed E-state index contributed by atoms with van der Waals surface area (Å²) in [5.74, 6) is 0.673. The highest BCUT2D eigenvalue weighted by molar-refractivity contribution is 5.91. The van der Waals surface area contributed by atoms with E-state index >= 15 is 0 Å². The average Bonchev–Trinajstić information content (AvgIpc) is 2.75. The van der Waals surface area contributed by atoms with Gasteiger partial charge >= 0.3 is 0 Å². The zero-order valence-corrected chi connectivity index (χ0v) is 10.2. The van der Waals surface area contributed by atoms with E-state index in [1.807, 2.05) is 6.92 Å². The lowest BCUT2D eigenvalue weighted by atomic mass is 10.2. The van der Waals surface area contributed by atoms with Crippen LogP contribution >= 0.6 is 0 Å². The summed E-state index contributed by atoms with van der Waals surface area (Å²) >= 11 is 0. The van der Waals surface area contributed by atoms with Crippen LogP contribution in [0.2, 0.25) is 0 Å². The monoisotopic (exact) mass is 241 g/mol. The SMILES string of the molecule is COCc1ccc(C(=O)NC(C)CCCO)o1. The summed E-state index contributed by atoms with van der Waals surface area (Å²) in [4.78, 5) is 11.7. The van der Waals surface area contributed by atoms with Crippen LogP contribution in [0.5, 0.6) is 0 Å². The molecule has 1 aromatic rings. The van der Waals surface area contributed by atoms with Crippen LogP contribution < -0.4 is 5.32 Å². The number of carbonyl (C=O) groups excluding carboxylic acids is 1. The first-order valence-electron chi connectivity index (χ1n) is 5.66. The predicted octanol–water partition coefficient (Wildman–Crippen LogP) is 1.32. The third-order valence-electron chi connectivity index (χ3n) is 2.34. The van der Waals surface area contributed by atoms with Crippen molar-refractivity contribution in [3.63, 3.8) is 0 Å². The van der Waals surface area contributed by atoms with Gasteiger partial charge in [0.25, 0.3) is 5.91 Å². The van der Waals surface area contributed by atoms with E-state index in [9.17, 15) is 4.79 Å². The standard InChI is InChI=1S/C12H19NO4/c1-9(4-3-7-14)13-12(15)11-6-5-10(17-11)8-16-2/h5-6,9,14H,3-4,7-8H2,1-2H3,(H,13,15). The molecule has 0 spiro atoms. The number of hydrogen-bond acceptors (Lipinski definition) is 4. The van der Waals surface area contributed by atoms with Gasteiger partial charge in [0, 0.05) is 19.8 Å². The predicted molar refractivity (Wildman–Crippen MR) is 62.7 cm³/mol. The number of ether oxygens (including phenoxy) is 1.